The molecule has 2 aromatic carbocycles. The van der Waals surface area contributed by atoms with Crippen LogP contribution in [0.25, 0.3) is 0 Å². The normalized spacial score (nSPS) is 28.5. The van der Waals surface area contributed by atoms with Gasteiger partial charge in [0.15, 0.2) is 23.6 Å². The molecule has 0 spiro atoms. The minimum Gasteiger partial charge on any atom is -0.507 e. The van der Waals surface area contributed by atoms with Crippen LogP contribution in [0.4, 0.5) is 13.2 Å². The smallest absolute Gasteiger partial charge is 0.471 e. The third kappa shape index (κ3) is 5.06. The minimum atomic E-state index is -5.26. The molecule has 230 valence electrons. The van der Waals surface area contributed by atoms with Crippen molar-refractivity contribution in [3.05, 3.63) is 57.6 Å². The summed E-state index contributed by atoms with van der Waals surface area (Å²) in [6.45, 7) is 0.143. The number of aromatic hydroxyl groups is 2. The van der Waals surface area contributed by atoms with Crippen LogP contribution in [0.1, 0.15) is 68.8 Å². The van der Waals surface area contributed by atoms with E-state index >= 15 is 0 Å². The van der Waals surface area contributed by atoms with Gasteiger partial charge in [-0.05, 0) is 6.92 Å². The summed E-state index contributed by atoms with van der Waals surface area (Å²) in [6.07, 6.45) is -13.1. The zero-order valence-electron chi connectivity index (χ0n) is 22.3. The van der Waals surface area contributed by atoms with Gasteiger partial charge in [0.05, 0.1) is 29.4 Å². The van der Waals surface area contributed by atoms with Gasteiger partial charge in [-0.1, -0.05) is 24.3 Å². The fraction of sp³-hybridized carbons (Fsp3) is 0.429. The number of aliphatic hydroxyl groups is 3. The number of hydrogen-bond donors (Lipinski definition) is 6. The first-order valence-electron chi connectivity index (χ1n) is 13.1. The Kier molecular flexibility index (Phi) is 7.59. The standard InChI is InChI=1S/C28H26F3NO11/c1-10-21(35)14(32-26(40)28(29,30)31)6-17(42-10)43-15-8-27(41,16(34)9-33)7-13-18(15)25(39)20-19(24(13)38)22(36)11-4-2-3-5-12(11)23(20)37/h2-5,10,14-15,17,21,33,35,38-39,41H,6-9H2,1H3,(H,32,40)/t10-,14-,15-,17-,21+,27-/m0/s1. The molecule has 1 aliphatic heterocycles. The lowest BCUT2D eigenvalue weighted by Crippen LogP contribution is -2.57. The molecule has 15 heteroatoms. The third-order valence-electron chi connectivity index (χ3n) is 8.03. The quantitative estimate of drug-likeness (QED) is 0.223. The summed E-state index contributed by atoms with van der Waals surface area (Å²) in [6, 6.07) is 4.14. The molecule has 1 heterocycles. The van der Waals surface area contributed by atoms with Crippen molar-refractivity contribution in [1.29, 1.82) is 0 Å². The Labute approximate surface area is 240 Å². The number of ether oxygens (including phenoxy) is 2. The SMILES string of the molecule is C[C@@H]1O[C@@H](O[C@H]2C[C@](O)(C(=O)CO)Cc3c(O)c4c(c(O)c32)C(=O)c2ccccc2C4=O)C[C@H](NC(=O)C(F)(F)F)[C@@H]1O. The summed E-state index contributed by atoms with van der Waals surface area (Å²) in [7, 11) is 0. The highest BCUT2D eigenvalue weighted by Gasteiger charge is 2.50. The van der Waals surface area contributed by atoms with E-state index in [1.54, 1.807) is 5.32 Å². The number of halogens is 3. The summed E-state index contributed by atoms with van der Waals surface area (Å²) in [5.41, 5.74) is -4.31. The topological polar surface area (TPSA) is 200 Å². The van der Waals surface area contributed by atoms with E-state index in [1.165, 1.54) is 31.2 Å². The highest BCUT2D eigenvalue weighted by Crippen LogP contribution is 2.52. The van der Waals surface area contributed by atoms with Gasteiger partial charge in [0.2, 0.25) is 0 Å². The lowest BCUT2D eigenvalue weighted by atomic mass is 9.72. The van der Waals surface area contributed by atoms with Gasteiger partial charge in [-0.2, -0.15) is 13.2 Å². The molecule has 0 bridgehead atoms. The molecule has 1 amide bonds. The summed E-state index contributed by atoms with van der Waals surface area (Å²) in [4.78, 5) is 50.9. The number of alkyl halides is 3. The van der Waals surface area contributed by atoms with Crippen LogP contribution >= 0.6 is 0 Å². The molecule has 0 unspecified atom stereocenters. The number of carbonyl (C=O) groups is 4. The Morgan fingerprint density at radius 2 is 1.67 bits per heavy atom. The fourth-order valence-electron chi connectivity index (χ4n) is 5.87. The maximum Gasteiger partial charge on any atom is 0.471 e. The Morgan fingerprint density at radius 1 is 1.09 bits per heavy atom. The predicted octanol–water partition coefficient (Wildman–Crippen LogP) is 0.712. The number of phenolic OH excluding ortho intramolecular Hbond substituents is 2. The second kappa shape index (κ2) is 10.7. The lowest BCUT2D eigenvalue weighted by Gasteiger charge is -2.42. The van der Waals surface area contributed by atoms with Gasteiger partial charge in [-0.25, -0.2) is 0 Å². The van der Waals surface area contributed by atoms with Gasteiger partial charge in [0, 0.05) is 41.5 Å². The van der Waals surface area contributed by atoms with E-state index in [1.807, 2.05) is 0 Å². The molecule has 5 rings (SSSR count). The van der Waals surface area contributed by atoms with Gasteiger partial charge >= 0.3 is 12.1 Å². The van der Waals surface area contributed by atoms with E-state index < -0.39 is 114 Å². The zero-order valence-corrected chi connectivity index (χ0v) is 22.3. The molecule has 12 nitrogen and oxygen atoms in total. The molecule has 43 heavy (non-hydrogen) atoms. The summed E-state index contributed by atoms with van der Waals surface area (Å²) < 4.78 is 50.1. The molecule has 1 fully saturated rings. The molecule has 2 aromatic rings. The fourth-order valence-corrected chi connectivity index (χ4v) is 5.87. The molecule has 3 aliphatic rings. The van der Waals surface area contributed by atoms with E-state index in [0.717, 1.165) is 0 Å². The Bertz CT molecular complexity index is 1540. The van der Waals surface area contributed by atoms with Crippen molar-refractivity contribution in [2.24, 2.45) is 0 Å². The summed E-state index contributed by atoms with van der Waals surface area (Å²) >= 11 is 0. The molecule has 6 atom stereocenters. The number of carbonyl (C=O) groups excluding carboxylic acids is 4. The third-order valence-corrected chi connectivity index (χ3v) is 8.03. The van der Waals surface area contributed by atoms with Gasteiger partial charge in [-0.15, -0.1) is 0 Å². The van der Waals surface area contributed by atoms with Crippen LogP contribution < -0.4 is 5.32 Å². The van der Waals surface area contributed by atoms with Gasteiger partial charge < -0.3 is 40.3 Å². The van der Waals surface area contributed by atoms with Gasteiger partial charge in [0.25, 0.3) is 0 Å². The van der Waals surface area contributed by atoms with Crippen LogP contribution in [0, 0.1) is 0 Å². The summed E-state index contributed by atoms with van der Waals surface area (Å²) in [5.74, 6) is -6.69. The number of aliphatic hydroxyl groups excluding tert-OH is 2. The molecule has 6 N–H and O–H groups in total. The molecule has 1 saturated heterocycles. The van der Waals surface area contributed by atoms with Gasteiger partial charge in [-0.3, -0.25) is 19.2 Å². The van der Waals surface area contributed by atoms with Crippen molar-refractivity contribution in [3.63, 3.8) is 0 Å². The summed E-state index contributed by atoms with van der Waals surface area (Å²) in [5, 5.41) is 55.4. The van der Waals surface area contributed by atoms with Gasteiger partial charge in [0.1, 0.15) is 29.8 Å². The molecular weight excluding hydrogens is 583 g/mol. The average Bonchev–Trinajstić information content (AvgIpc) is 2.94. The molecule has 0 saturated carbocycles. The van der Waals surface area contributed by atoms with Crippen molar-refractivity contribution >= 4 is 23.3 Å². The number of ketones is 3. The lowest BCUT2D eigenvalue weighted by molar-refractivity contribution is -0.250. The number of amides is 1. The largest absolute Gasteiger partial charge is 0.507 e. The monoisotopic (exact) mass is 609 g/mol. The highest BCUT2D eigenvalue weighted by atomic mass is 19.4. The highest BCUT2D eigenvalue weighted by molar-refractivity contribution is 6.30. The zero-order chi connectivity index (χ0) is 31.6. The molecule has 2 aliphatic carbocycles. The molecule has 0 aromatic heterocycles. The number of hydrogen-bond acceptors (Lipinski definition) is 11. The van der Waals surface area contributed by atoms with E-state index in [9.17, 15) is 57.9 Å². The van der Waals surface area contributed by atoms with Crippen molar-refractivity contribution in [3.8, 4) is 11.5 Å². The first-order chi connectivity index (χ1) is 20.1. The second-order valence-corrected chi connectivity index (χ2v) is 10.7. The van der Waals surface area contributed by atoms with Crippen LogP contribution in [0.5, 0.6) is 11.5 Å². The maximum atomic E-state index is 13.4. The van der Waals surface area contributed by atoms with Crippen LogP contribution in [-0.4, -0.2) is 91.7 Å². The second-order valence-electron chi connectivity index (χ2n) is 10.7. The first-order valence-corrected chi connectivity index (χ1v) is 13.1. The number of rotatable bonds is 5. The Hall–Kier alpha value is -3.89. The predicted molar refractivity (Wildman–Crippen MR) is 135 cm³/mol. The van der Waals surface area contributed by atoms with E-state index in [2.05, 4.69) is 0 Å². The van der Waals surface area contributed by atoms with E-state index in [4.69, 9.17) is 9.47 Å². The maximum absolute atomic E-state index is 13.4. The Morgan fingerprint density at radius 3 is 2.23 bits per heavy atom. The average molecular weight is 610 g/mol. The number of benzene rings is 2. The van der Waals surface area contributed by atoms with E-state index in [0.29, 0.717) is 0 Å². The first kappa shape index (κ1) is 30.6. The van der Waals surface area contributed by atoms with Crippen molar-refractivity contribution < 1.29 is 67.4 Å². The molecular formula is C28H26F3NO11. The molecule has 0 radical (unpaired) electrons. The minimum absolute atomic E-state index is 0.0587. The van der Waals surface area contributed by atoms with Crippen LogP contribution in [0.2, 0.25) is 0 Å². The number of phenols is 2. The van der Waals surface area contributed by atoms with Crippen molar-refractivity contribution in [2.45, 2.75) is 68.6 Å². The van der Waals surface area contributed by atoms with Crippen LogP contribution in [0.15, 0.2) is 24.3 Å². The Balaban J connectivity index is 1.59. The van der Waals surface area contributed by atoms with Crippen molar-refractivity contribution in [2.75, 3.05) is 6.61 Å². The van der Waals surface area contributed by atoms with Crippen molar-refractivity contribution in [1.82, 2.24) is 5.32 Å². The number of nitrogens with one attached hydrogen (secondary N) is 1. The van der Waals surface area contributed by atoms with Crippen LogP contribution in [0.3, 0.4) is 0 Å². The van der Waals surface area contributed by atoms with Crippen LogP contribution in [-0.2, 0) is 25.5 Å². The number of Topliss-reactive ketones (excluding diaryl/α,β-unsaturated/α-hetero) is 1. The number of fused-ring (bicyclic) bond motifs is 3. The van der Waals surface area contributed by atoms with E-state index in [-0.39, 0.29) is 22.3 Å².